The zero-order valence-electron chi connectivity index (χ0n) is 15.8. The maximum Gasteiger partial charge on any atom is 0.272 e. The van der Waals surface area contributed by atoms with Crippen molar-refractivity contribution in [2.45, 2.75) is 5.16 Å². The van der Waals surface area contributed by atoms with Crippen LogP contribution in [0.3, 0.4) is 0 Å². The van der Waals surface area contributed by atoms with E-state index in [0.29, 0.717) is 32.8 Å². The number of benzene rings is 1. The van der Waals surface area contributed by atoms with Gasteiger partial charge in [-0.15, -0.1) is 21.5 Å². The highest BCUT2D eigenvalue weighted by molar-refractivity contribution is 7.99. The Morgan fingerprint density at radius 1 is 1.21 bits per heavy atom. The third-order valence-electron chi connectivity index (χ3n) is 4.27. The Morgan fingerprint density at radius 2 is 1.93 bits per heavy atom. The monoisotopic (exact) mass is 431 g/mol. The molecular weight excluding hydrogens is 414 g/mol. The Balaban J connectivity index is 1.56. The average molecular weight is 431 g/mol. The molecule has 0 atom stereocenters. The molecule has 1 amide bonds. The number of amides is 1. The molecule has 0 bridgehead atoms. The molecule has 0 saturated heterocycles. The van der Waals surface area contributed by atoms with E-state index in [9.17, 15) is 9.59 Å². The van der Waals surface area contributed by atoms with Crippen molar-refractivity contribution < 1.29 is 14.3 Å². The van der Waals surface area contributed by atoms with E-state index < -0.39 is 0 Å². The number of fused-ring (bicyclic) bond motifs is 3. The minimum absolute atomic E-state index is 0.115. The summed E-state index contributed by atoms with van der Waals surface area (Å²) in [6.07, 6.45) is 0. The number of anilines is 1. The van der Waals surface area contributed by atoms with Gasteiger partial charge in [0.2, 0.25) is 11.7 Å². The highest BCUT2D eigenvalue weighted by Gasteiger charge is 2.17. The smallest absolute Gasteiger partial charge is 0.272 e. The van der Waals surface area contributed by atoms with E-state index in [4.69, 9.17) is 9.47 Å². The lowest BCUT2D eigenvalue weighted by Crippen LogP contribution is -2.19. The minimum atomic E-state index is -0.214. The van der Waals surface area contributed by atoms with Gasteiger partial charge in [0, 0.05) is 30.9 Å². The van der Waals surface area contributed by atoms with Crippen molar-refractivity contribution >= 4 is 50.7 Å². The Labute approximate surface area is 173 Å². The summed E-state index contributed by atoms with van der Waals surface area (Å²) in [5, 5.41) is 13.5. The summed E-state index contributed by atoms with van der Waals surface area (Å²) in [6, 6.07) is 7.00. The fourth-order valence-corrected chi connectivity index (χ4v) is 4.46. The zero-order valence-corrected chi connectivity index (χ0v) is 17.5. The van der Waals surface area contributed by atoms with E-state index >= 15 is 0 Å². The molecule has 0 aliphatic heterocycles. The molecule has 9 nitrogen and oxygen atoms in total. The molecule has 11 heteroatoms. The Morgan fingerprint density at radius 3 is 2.62 bits per heavy atom. The van der Waals surface area contributed by atoms with Crippen LogP contribution in [0.1, 0.15) is 0 Å². The van der Waals surface area contributed by atoms with E-state index in [-0.39, 0.29) is 17.2 Å². The molecule has 4 aromatic rings. The number of nitrogens with zero attached hydrogens (tertiary/aromatic N) is 4. The number of thiophene rings is 1. The van der Waals surface area contributed by atoms with Crippen molar-refractivity contribution in [2.75, 3.05) is 25.3 Å². The molecule has 150 valence electrons. The lowest BCUT2D eigenvalue weighted by atomic mass is 10.2. The van der Waals surface area contributed by atoms with Crippen LogP contribution >= 0.6 is 23.1 Å². The summed E-state index contributed by atoms with van der Waals surface area (Å²) in [7, 11) is 4.75. The van der Waals surface area contributed by atoms with Crippen molar-refractivity contribution in [1.29, 1.82) is 0 Å². The zero-order chi connectivity index (χ0) is 20.5. The fraction of sp³-hybridized carbons (Fsp3) is 0.222. The predicted octanol–water partition coefficient (Wildman–Crippen LogP) is 2.39. The summed E-state index contributed by atoms with van der Waals surface area (Å²) >= 11 is 2.61. The van der Waals surface area contributed by atoms with Gasteiger partial charge in [-0.2, -0.15) is 0 Å². The number of aryl methyl sites for hydroxylation is 1. The fourth-order valence-electron chi connectivity index (χ4n) is 2.87. The first-order valence-electron chi connectivity index (χ1n) is 8.49. The molecule has 0 saturated carbocycles. The predicted molar refractivity (Wildman–Crippen MR) is 113 cm³/mol. The van der Waals surface area contributed by atoms with Crippen LogP contribution in [0.15, 0.2) is 39.6 Å². The molecule has 3 aromatic heterocycles. The number of thioether (sulfide) groups is 1. The lowest BCUT2D eigenvalue weighted by molar-refractivity contribution is -0.113. The molecule has 0 radical (unpaired) electrons. The molecule has 0 aliphatic rings. The molecule has 3 heterocycles. The SMILES string of the molecule is COc1cc(NC(=O)CSc2nnc3n(C)c(=O)c4sccc4n23)cc(OC)c1. The maximum absolute atomic E-state index is 12.5. The average Bonchev–Trinajstić information content (AvgIpc) is 3.37. The summed E-state index contributed by atoms with van der Waals surface area (Å²) < 4.78 is 14.3. The summed E-state index contributed by atoms with van der Waals surface area (Å²) in [5.41, 5.74) is 1.19. The van der Waals surface area contributed by atoms with Gasteiger partial charge in [-0.1, -0.05) is 11.8 Å². The van der Waals surface area contributed by atoms with Gasteiger partial charge in [0.15, 0.2) is 5.16 Å². The normalized spacial score (nSPS) is 11.1. The van der Waals surface area contributed by atoms with Crippen LogP contribution < -0.4 is 20.3 Å². The molecular formula is C18H17N5O4S2. The number of methoxy groups -OCH3 is 2. The molecule has 1 aromatic carbocycles. The van der Waals surface area contributed by atoms with Gasteiger partial charge in [-0.25, -0.2) is 0 Å². The van der Waals surface area contributed by atoms with Crippen LogP contribution in [0, 0.1) is 0 Å². The van der Waals surface area contributed by atoms with E-state index in [2.05, 4.69) is 15.5 Å². The van der Waals surface area contributed by atoms with Gasteiger partial charge in [-0.3, -0.25) is 18.6 Å². The number of carbonyl (C=O) groups is 1. The van der Waals surface area contributed by atoms with Crippen molar-refractivity contribution in [1.82, 2.24) is 19.2 Å². The van der Waals surface area contributed by atoms with Gasteiger partial charge in [0.05, 0.1) is 25.5 Å². The maximum atomic E-state index is 12.5. The second kappa shape index (κ2) is 7.76. The van der Waals surface area contributed by atoms with Gasteiger partial charge in [0.25, 0.3) is 5.56 Å². The van der Waals surface area contributed by atoms with Crippen molar-refractivity contribution in [3.8, 4) is 11.5 Å². The number of carbonyl (C=O) groups excluding carboxylic acids is 1. The van der Waals surface area contributed by atoms with Crippen LogP contribution in [-0.2, 0) is 11.8 Å². The summed E-state index contributed by atoms with van der Waals surface area (Å²) in [6.45, 7) is 0. The Hall–Kier alpha value is -3.05. The van der Waals surface area contributed by atoms with Gasteiger partial charge >= 0.3 is 0 Å². The van der Waals surface area contributed by atoms with Gasteiger partial charge < -0.3 is 14.8 Å². The summed E-state index contributed by atoms with van der Waals surface area (Å²) in [5.74, 6) is 1.50. The largest absolute Gasteiger partial charge is 0.497 e. The van der Waals surface area contributed by atoms with Crippen molar-refractivity contribution in [2.24, 2.45) is 7.05 Å². The first kappa shape index (κ1) is 19.3. The quantitative estimate of drug-likeness (QED) is 0.468. The third-order valence-corrected chi connectivity index (χ3v) is 6.09. The number of ether oxygens (including phenoxy) is 2. The van der Waals surface area contributed by atoms with E-state index in [1.165, 1.54) is 27.7 Å². The van der Waals surface area contributed by atoms with Crippen LogP contribution in [0.2, 0.25) is 0 Å². The first-order valence-corrected chi connectivity index (χ1v) is 10.4. The highest BCUT2D eigenvalue weighted by atomic mass is 32.2. The van der Waals surface area contributed by atoms with E-state index in [1.54, 1.807) is 43.9 Å². The number of nitrogens with one attached hydrogen (secondary N) is 1. The van der Waals surface area contributed by atoms with Crippen LogP contribution in [0.25, 0.3) is 16.0 Å². The van der Waals surface area contributed by atoms with Crippen LogP contribution in [0.5, 0.6) is 11.5 Å². The standard InChI is InChI=1S/C18H17N5O4S2/c1-22-16(25)15-13(4-5-28-15)23-17(22)20-21-18(23)29-9-14(24)19-10-6-11(26-2)8-12(7-10)27-3/h4-8H,9H2,1-3H3,(H,19,24). The second-order valence-corrected chi connectivity index (χ2v) is 7.91. The highest BCUT2D eigenvalue weighted by Crippen LogP contribution is 2.27. The van der Waals surface area contributed by atoms with E-state index in [0.717, 1.165) is 5.52 Å². The second-order valence-electron chi connectivity index (χ2n) is 6.06. The van der Waals surface area contributed by atoms with E-state index in [1.807, 2.05) is 11.4 Å². The van der Waals surface area contributed by atoms with Crippen LogP contribution in [-0.4, -0.2) is 45.0 Å². The molecule has 1 N–H and O–H groups in total. The van der Waals surface area contributed by atoms with Crippen LogP contribution in [0.4, 0.5) is 5.69 Å². The molecule has 0 unspecified atom stereocenters. The Kier molecular flexibility index (Phi) is 5.16. The molecule has 0 aliphatic carbocycles. The number of rotatable bonds is 6. The number of hydrogen-bond acceptors (Lipinski definition) is 8. The minimum Gasteiger partial charge on any atom is -0.497 e. The number of aromatic nitrogens is 4. The third kappa shape index (κ3) is 3.54. The molecule has 0 spiro atoms. The molecule has 0 fully saturated rings. The topological polar surface area (TPSA) is 99.7 Å². The first-order chi connectivity index (χ1) is 14.0. The summed E-state index contributed by atoms with van der Waals surface area (Å²) in [4.78, 5) is 24.8. The van der Waals surface area contributed by atoms with Gasteiger partial charge in [-0.05, 0) is 11.4 Å². The molecule has 4 rings (SSSR count). The van der Waals surface area contributed by atoms with Crippen molar-refractivity contribution in [3.63, 3.8) is 0 Å². The molecule has 29 heavy (non-hydrogen) atoms. The van der Waals surface area contributed by atoms with Gasteiger partial charge in [0.1, 0.15) is 16.2 Å². The number of hydrogen-bond donors (Lipinski definition) is 1. The van der Waals surface area contributed by atoms with Crippen molar-refractivity contribution in [3.05, 3.63) is 40.0 Å². The Bertz CT molecular complexity index is 1250. The lowest BCUT2D eigenvalue weighted by Gasteiger charge is -2.09.